The molecule has 0 aliphatic carbocycles. The molecular formula is C13H10N2S. The summed E-state index contributed by atoms with van der Waals surface area (Å²) in [5.74, 6) is 0. The Labute approximate surface area is 99.7 Å². The van der Waals surface area contributed by atoms with Crippen LogP contribution in [0, 0.1) is 0 Å². The van der Waals surface area contributed by atoms with Gasteiger partial charge in [0.05, 0.1) is 10.8 Å². The van der Waals surface area contributed by atoms with Crippen molar-refractivity contribution in [3.05, 3.63) is 59.9 Å². The number of aromatic nitrogens is 1. The molecule has 0 saturated heterocycles. The number of aliphatic imine (C=N–C) groups is 1. The van der Waals surface area contributed by atoms with E-state index in [2.05, 4.69) is 27.4 Å². The zero-order valence-corrected chi connectivity index (χ0v) is 9.45. The zero-order valence-electron chi connectivity index (χ0n) is 8.63. The van der Waals surface area contributed by atoms with Crippen LogP contribution in [0.15, 0.2) is 53.8 Å². The predicted molar refractivity (Wildman–Crippen MR) is 68.2 cm³/mol. The summed E-state index contributed by atoms with van der Waals surface area (Å²) in [5, 5.41) is 2.41. The van der Waals surface area contributed by atoms with Crippen molar-refractivity contribution >= 4 is 23.1 Å². The Morgan fingerprint density at radius 3 is 2.62 bits per heavy atom. The van der Waals surface area contributed by atoms with Crippen LogP contribution in [0.25, 0.3) is 0 Å². The Morgan fingerprint density at radius 1 is 1.12 bits per heavy atom. The normalized spacial score (nSPS) is 9.50. The van der Waals surface area contributed by atoms with E-state index in [0.717, 1.165) is 17.7 Å². The van der Waals surface area contributed by atoms with Gasteiger partial charge in [-0.1, -0.05) is 18.2 Å². The third-order valence-electron chi connectivity index (χ3n) is 2.30. The predicted octanol–water partition coefficient (Wildman–Crippen LogP) is 3.41. The van der Waals surface area contributed by atoms with Crippen LogP contribution in [0.3, 0.4) is 0 Å². The first-order valence-electron chi connectivity index (χ1n) is 4.95. The average molecular weight is 226 g/mol. The summed E-state index contributed by atoms with van der Waals surface area (Å²) in [7, 11) is 0. The van der Waals surface area contributed by atoms with Crippen LogP contribution in [0.4, 0.5) is 5.69 Å². The minimum atomic E-state index is 0.833. The van der Waals surface area contributed by atoms with Crippen molar-refractivity contribution in [2.75, 3.05) is 0 Å². The third kappa shape index (κ3) is 2.60. The topological polar surface area (TPSA) is 25.2 Å². The highest BCUT2D eigenvalue weighted by Crippen LogP contribution is 2.20. The molecule has 3 heteroatoms. The van der Waals surface area contributed by atoms with Gasteiger partial charge in [-0.25, -0.2) is 0 Å². The highest BCUT2D eigenvalue weighted by atomic mass is 32.1. The number of isothiocyanates is 1. The molecule has 16 heavy (non-hydrogen) atoms. The van der Waals surface area contributed by atoms with Crippen LogP contribution < -0.4 is 0 Å². The fourth-order valence-electron chi connectivity index (χ4n) is 1.54. The molecule has 0 saturated carbocycles. The lowest BCUT2D eigenvalue weighted by Crippen LogP contribution is -1.88. The van der Waals surface area contributed by atoms with Gasteiger partial charge in [0.1, 0.15) is 0 Å². The molecule has 0 bridgehead atoms. The lowest BCUT2D eigenvalue weighted by molar-refractivity contribution is 1.16. The van der Waals surface area contributed by atoms with E-state index < -0.39 is 0 Å². The second kappa shape index (κ2) is 5.31. The van der Waals surface area contributed by atoms with Crippen LogP contribution in [-0.4, -0.2) is 10.1 Å². The van der Waals surface area contributed by atoms with Gasteiger partial charge in [0.15, 0.2) is 0 Å². The van der Waals surface area contributed by atoms with E-state index in [0.29, 0.717) is 0 Å². The van der Waals surface area contributed by atoms with Crippen LogP contribution in [0.1, 0.15) is 11.1 Å². The van der Waals surface area contributed by atoms with E-state index in [1.807, 2.05) is 36.4 Å². The smallest absolute Gasteiger partial charge is 0.0774 e. The Bertz CT molecular complexity index is 516. The number of para-hydroxylation sites is 1. The van der Waals surface area contributed by atoms with Gasteiger partial charge in [0.2, 0.25) is 0 Å². The Hall–Kier alpha value is -1.83. The molecule has 2 rings (SSSR count). The second-order valence-electron chi connectivity index (χ2n) is 3.36. The summed E-state index contributed by atoms with van der Waals surface area (Å²) in [6.45, 7) is 0. The van der Waals surface area contributed by atoms with Gasteiger partial charge in [0.25, 0.3) is 0 Å². The molecule has 0 aliphatic rings. The lowest BCUT2D eigenvalue weighted by Gasteiger charge is -2.04. The molecule has 0 N–H and O–H groups in total. The van der Waals surface area contributed by atoms with E-state index in [1.54, 1.807) is 12.4 Å². The minimum absolute atomic E-state index is 0.833. The van der Waals surface area contributed by atoms with E-state index in [1.165, 1.54) is 5.56 Å². The maximum atomic E-state index is 4.63. The molecule has 0 unspecified atom stereocenters. The Morgan fingerprint density at radius 2 is 1.88 bits per heavy atom. The number of pyridine rings is 1. The molecule has 1 heterocycles. The second-order valence-corrected chi connectivity index (χ2v) is 3.55. The van der Waals surface area contributed by atoms with E-state index in [-0.39, 0.29) is 0 Å². The zero-order chi connectivity index (χ0) is 11.2. The van der Waals surface area contributed by atoms with E-state index in [9.17, 15) is 0 Å². The Balaban J connectivity index is 2.31. The summed E-state index contributed by atoms with van der Waals surface area (Å²) in [6, 6.07) is 11.9. The maximum Gasteiger partial charge on any atom is 0.0774 e. The van der Waals surface area contributed by atoms with Crippen LogP contribution in [0.2, 0.25) is 0 Å². The fourth-order valence-corrected chi connectivity index (χ4v) is 1.64. The summed E-state index contributed by atoms with van der Waals surface area (Å²) in [5.41, 5.74) is 3.24. The highest BCUT2D eigenvalue weighted by molar-refractivity contribution is 7.78. The molecule has 0 atom stereocenters. The average Bonchev–Trinajstić information content (AvgIpc) is 2.33. The minimum Gasteiger partial charge on any atom is -0.265 e. The molecule has 0 amide bonds. The largest absolute Gasteiger partial charge is 0.265 e. The van der Waals surface area contributed by atoms with Crippen molar-refractivity contribution in [2.24, 2.45) is 4.99 Å². The molecule has 0 radical (unpaired) electrons. The van der Waals surface area contributed by atoms with Crippen molar-refractivity contribution in [3.63, 3.8) is 0 Å². The molecule has 1 aromatic carbocycles. The van der Waals surface area contributed by atoms with Gasteiger partial charge in [-0.2, -0.15) is 4.99 Å². The van der Waals surface area contributed by atoms with Crippen molar-refractivity contribution in [2.45, 2.75) is 6.42 Å². The number of nitrogens with zero attached hydrogens (tertiary/aromatic N) is 2. The molecule has 0 spiro atoms. The summed E-state index contributed by atoms with van der Waals surface area (Å²) in [4.78, 5) is 8.05. The van der Waals surface area contributed by atoms with Crippen molar-refractivity contribution in [1.29, 1.82) is 0 Å². The van der Waals surface area contributed by atoms with Crippen molar-refractivity contribution < 1.29 is 0 Å². The monoisotopic (exact) mass is 226 g/mol. The molecule has 0 aliphatic heterocycles. The first-order valence-corrected chi connectivity index (χ1v) is 5.35. The van der Waals surface area contributed by atoms with Gasteiger partial charge in [0, 0.05) is 12.4 Å². The van der Waals surface area contributed by atoms with Crippen molar-refractivity contribution in [3.8, 4) is 0 Å². The third-order valence-corrected chi connectivity index (χ3v) is 2.39. The summed E-state index contributed by atoms with van der Waals surface area (Å²) in [6.07, 6.45) is 4.42. The maximum absolute atomic E-state index is 4.63. The number of benzene rings is 1. The summed E-state index contributed by atoms with van der Waals surface area (Å²) >= 11 is 4.63. The Kier molecular flexibility index (Phi) is 3.54. The van der Waals surface area contributed by atoms with Crippen LogP contribution in [-0.2, 0) is 6.42 Å². The lowest BCUT2D eigenvalue weighted by atomic mass is 10.0. The quantitative estimate of drug-likeness (QED) is 0.592. The standard InChI is InChI=1S/C13H10N2S/c16-10-15-13-4-2-1-3-12(13)9-11-5-7-14-8-6-11/h1-8H,9H2. The molecular weight excluding hydrogens is 216 g/mol. The number of rotatable bonds is 3. The van der Waals surface area contributed by atoms with Gasteiger partial charge in [-0.05, 0) is 48.0 Å². The van der Waals surface area contributed by atoms with Crippen LogP contribution in [0.5, 0.6) is 0 Å². The first kappa shape index (κ1) is 10.7. The fraction of sp³-hybridized carbons (Fsp3) is 0.0769. The van der Waals surface area contributed by atoms with Gasteiger partial charge in [-0.15, -0.1) is 0 Å². The summed E-state index contributed by atoms with van der Waals surface area (Å²) < 4.78 is 0. The molecule has 2 nitrogen and oxygen atoms in total. The van der Waals surface area contributed by atoms with E-state index >= 15 is 0 Å². The first-order chi connectivity index (χ1) is 7.90. The molecule has 1 aromatic heterocycles. The van der Waals surface area contributed by atoms with Gasteiger partial charge >= 0.3 is 0 Å². The number of thiocarbonyl (C=S) groups is 1. The van der Waals surface area contributed by atoms with Crippen LogP contribution >= 0.6 is 12.2 Å². The number of hydrogen-bond donors (Lipinski definition) is 0. The highest BCUT2D eigenvalue weighted by Gasteiger charge is 2.01. The SMILES string of the molecule is S=C=Nc1ccccc1Cc1ccncc1. The van der Waals surface area contributed by atoms with Gasteiger partial charge < -0.3 is 0 Å². The molecule has 0 fully saturated rings. The molecule has 2 aromatic rings. The van der Waals surface area contributed by atoms with Gasteiger partial charge in [-0.3, -0.25) is 4.98 Å². The van der Waals surface area contributed by atoms with Crippen molar-refractivity contribution in [1.82, 2.24) is 4.98 Å². The number of hydrogen-bond acceptors (Lipinski definition) is 3. The molecule has 78 valence electrons. The van der Waals surface area contributed by atoms with E-state index in [4.69, 9.17) is 0 Å².